The van der Waals surface area contributed by atoms with Crippen molar-refractivity contribution in [3.05, 3.63) is 23.3 Å². The molecule has 8 rings (SSSR count). The van der Waals surface area contributed by atoms with Crippen LogP contribution < -0.4 is 15.2 Å². The molecule has 2 bridgehead atoms. The van der Waals surface area contributed by atoms with Gasteiger partial charge in [-0.3, -0.25) is 0 Å². The lowest BCUT2D eigenvalue weighted by Gasteiger charge is -2.70. The Morgan fingerprint density at radius 2 is 1.88 bits per heavy atom. The van der Waals surface area contributed by atoms with Gasteiger partial charge in [0.25, 0.3) is 0 Å². The zero-order valence-corrected chi connectivity index (χ0v) is 21.1. The van der Waals surface area contributed by atoms with Crippen molar-refractivity contribution < 1.29 is 19.3 Å². The largest absolute Gasteiger partial charge is 0.493 e. The van der Waals surface area contributed by atoms with Crippen LogP contribution in [0, 0.1) is 33.5 Å². The van der Waals surface area contributed by atoms with Gasteiger partial charge in [-0.15, -0.1) is 0 Å². The summed E-state index contributed by atoms with van der Waals surface area (Å²) in [5, 5.41) is 12.1. The second-order valence-electron chi connectivity index (χ2n) is 13.7. The van der Waals surface area contributed by atoms with Gasteiger partial charge in [0.2, 0.25) is 0 Å². The van der Waals surface area contributed by atoms with E-state index in [2.05, 4.69) is 39.8 Å². The highest BCUT2D eigenvalue weighted by molar-refractivity contribution is 5.65. The van der Waals surface area contributed by atoms with E-state index >= 15 is 0 Å². The average molecular weight is 454 g/mol. The quantitative estimate of drug-likeness (QED) is 0.723. The highest BCUT2D eigenvalue weighted by atomic mass is 16.6. The van der Waals surface area contributed by atoms with Crippen molar-refractivity contribution in [2.24, 2.45) is 39.2 Å². The van der Waals surface area contributed by atoms with Gasteiger partial charge in [-0.05, 0) is 66.4 Å². The molecule has 1 aliphatic heterocycles. The summed E-state index contributed by atoms with van der Waals surface area (Å²) in [6.07, 6.45) is 3.75. The fourth-order valence-corrected chi connectivity index (χ4v) is 10.6. The van der Waals surface area contributed by atoms with Crippen molar-refractivity contribution in [2.75, 3.05) is 14.2 Å². The Bertz CT molecular complexity index is 1090. The van der Waals surface area contributed by atoms with Crippen molar-refractivity contribution in [1.29, 1.82) is 0 Å². The van der Waals surface area contributed by atoms with Crippen LogP contribution in [0.5, 0.6) is 11.5 Å². The third-order valence-corrected chi connectivity index (χ3v) is 12.3. The Morgan fingerprint density at radius 3 is 2.52 bits per heavy atom. The van der Waals surface area contributed by atoms with Crippen LogP contribution in [0.25, 0.3) is 0 Å². The monoisotopic (exact) mass is 453 g/mol. The molecule has 0 radical (unpaired) electrons. The molecule has 2 spiro atoms. The van der Waals surface area contributed by atoms with Crippen LogP contribution in [-0.2, 0) is 11.2 Å². The van der Waals surface area contributed by atoms with Crippen LogP contribution in [0.4, 0.5) is 0 Å². The zero-order chi connectivity index (χ0) is 23.6. The van der Waals surface area contributed by atoms with Crippen LogP contribution in [0.1, 0.15) is 70.9 Å². The normalized spacial score (nSPS) is 51.5. The maximum absolute atomic E-state index is 12.1. The topological polar surface area (TPSA) is 73.9 Å². The Hall–Kier alpha value is -1.30. The van der Waals surface area contributed by atoms with Gasteiger partial charge in [0.05, 0.1) is 12.7 Å². The summed E-state index contributed by atoms with van der Waals surface area (Å²) in [6.45, 7) is 10.9. The highest BCUT2D eigenvalue weighted by Gasteiger charge is 2.96. The molecular formula is C28H39NO4. The van der Waals surface area contributed by atoms with E-state index in [0.717, 1.165) is 37.2 Å². The van der Waals surface area contributed by atoms with Gasteiger partial charge in [0.15, 0.2) is 11.5 Å². The summed E-state index contributed by atoms with van der Waals surface area (Å²) in [5.74, 6) is 2.67. The summed E-state index contributed by atoms with van der Waals surface area (Å²) in [4.78, 5) is 0. The number of methoxy groups -OCH3 is 2. The van der Waals surface area contributed by atoms with E-state index in [9.17, 15) is 5.11 Å². The maximum Gasteiger partial charge on any atom is 0.165 e. The molecule has 1 aromatic rings. The SMILES string of the molecule is COc1ccc2c3c1OC1C4(OC)CCC5(CC4C(C)(O)C(C)(C)C)C(N)C(C)(C2)C2C3C215. The average Bonchev–Trinajstić information content (AvgIpc) is 3.44. The molecular weight excluding hydrogens is 414 g/mol. The van der Waals surface area contributed by atoms with Crippen molar-refractivity contribution in [3.8, 4) is 11.5 Å². The Labute approximate surface area is 197 Å². The van der Waals surface area contributed by atoms with Crippen molar-refractivity contribution in [1.82, 2.24) is 0 Å². The fourth-order valence-electron chi connectivity index (χ4n) is 10.6. The minimum atomic E-state index is -0.920. The number of rotatable bonds is 3. The maximum atomic E-state index is 12.1. The number of nitrogens with two attached hydrogens (primary N) is 1. The van der Waals surface area contributed by atoms with Gasteiger partial charge in [-0.1, -0.05) is 33.8 Å². The molecule has 6 aliphatic carbocycles. The van der Waals surface area contributed by atoms with Gasteiger partial charge in [-0.2, -0.15) is 0 Å². The number of hydrogen-bond donors (Lipinski definition) is 2. The molecule has 7 aliphatic rings. The molecule has 5 nitrogen and oxygen atoms in total. The summed E-state index contributed by atoms with van der Waals surface area (Å²) in [5.41, 5.74) is 8.39. The smallest absolute Gasteiger partial charge is 0.165 e. The predicted molar refractivity (Wildman–Crippen MR) is 125 cm³/mol. The first-order valence-electron chi connectivity index (χ1n) is 12.8. The second kappa shape index (κ2) is 5.42. The molecule has 1 aromatic carbocycles. The molecule has 5 saturated carbocycles. The predicted octanol–water partition coefficient (Wildman–Crippen LogP) is 4.04. The molecule has 5 fully saturated rings. The zero-order valence-electron chi connectivity index (χ0n) is 21.1. The van der Waals surface area contributed by atoms with Crippen molar-refractivity contribution >= 4 is 0 Å². The molecule has 0 amide bonds. The minimum Gasteiger partial charge on any atom is -0.493 e. The summed E-state index contributed by atoms with van der Waals surface area (Å²) in [6, 6.07) is 4.41. The molecule has 1 heterocycles. The van der Waals surface area contributed by atoms with Crippen LogP contribution in [0.3, 0.4) is 0 Å². The summed E-state index contributed by atoms with van der Waals surface area (Å²) < 4.78 is 19.5. The highest BCUT2D eigenvalue weighted by Crippen LogP contribution is 2.95. The standard InChI is InChI=1S/C28H39NO4/c1-23(2,3)25(5,30)16-13-26-10-11-27(16,32-7)22-28(26)18-17-14(8-9-15(31-6)19(17)33-22)12-24(4,20(18)28)21(26)29/h8-9,16,18,20-22,30H,10-13,29H2,1-7H3. The molecule has 3 N–H and O–H groups in total. The molecule has 0 aromatic heterocycles. The third-order valence-electron chi connectivity index (χ3n) is 12.3. The molecule has 10 unspecified atom stereocenters. The van der Waals surface area contributed by atoms with Gasteiger partial charge in [0.1, 0.15) is 11.7 Å². The van der Waals surface area contributed by atoms with Gasteiger partial charge < -0.3 is 25.1 Å². The van der Waals surface area contributed by atoms with Crippen molar-refractivity contribution in [2.45, 2.75) is 89.6 Å². The lowest BCUT2D eigenvalue weighted by Crippen LogP contribution is -2.77. The molecule has 5 heteroatoms. The minimum absolute atomic E-state index is 0.00447. The first-order chi connectivity index (χ1) is 15.4. The Morgan fingerprint density at radius 1 is 1.15 bits per heavy atom. The summed E-state index contributed by atoms with van der Waals surface area (Å²) in [7, 11) is 3.57. The second-order valence-corrected chi connectivity index (χ2v) is 13.7. The van der Waals surface area contributed by atoms with Crippen LogP contribution in [0.15, 0.2) is 12.1 Å². The first kappa shape index (κ1) is 21.0. The number of hydrogen-bond acceptors (Lipinski definition) is 5. The van der Waals surface area contributed by atoms with E-state index in [4.69, 9.17) is 19.9 Å². The summed E-state index contributed by atoms with van der Waals surface area (Å²) >= 11 is 0. The van der Waals surface area contributed by atoms with E-state index in [-0.39, 0.29) is 39.7 Å². The fraction of sp³-hybridized carbons (Fsp3) is 0.786. The van der Waals surface area contributed by atoms with Crippen LogP contribution in [0.2, 0.25) is 0 Å². The number of benzene rings is 1. The molecule has 10 atom stereocenters. The number of aliphatic hydroxyl groups is 1. The lowest BCUT2D eigenvalue weighted by atomic mass is 9.40. The lowest BCUT2D eigenvalue weighted by molar-refractivity contribution is -0.301. The van der Waals surface area contributed by atoms with E-state index in [1.54, 1.807) is 7.11 Å². The number of fused-ring (bicyclic) bond motifs is 2. The van der Waals surface area contributed by atoms with Crippen molar-refractivity contribution in [3.63, 3.8) is 0 Å². The first-order valence-corrected chi connectivity index (χ1v) is 12.8. The van der Waals surface area contributed by atoms with Gasteiger partial charge in [-0.25, -0.2) is 0 Å². The van der Waals surface area contributed by atoms with Crippen LogP contribution in [-0.4, -0.2) is 42.7 Å². The van der Waals surface area contributed by atoms with Gasteiger partial charge >= 0.3 is 0 Å². The third kappa shape index (κ3) is 1.76. The van der Waals surface area contributed by atoms with Gasteiger partial charge in [0, 0.05) is 36.0 Å². The number of ether oxygens (including phenoxy) is 3. The Kier molecular flexibility index (Phi) is 3.45. The van der Waals surface area contributed by atoms with E-state index in [1.807, 2.05) is 14.0 Å². The molecule has 33 heavy (non-hydrogen) atoms. The Balaban J connectivity index is 1.53. The van der Waals surface area contributed by atoms with Crippen LogP contribution >= 0.6 is 0 Å². The molecule has 180 valence electrons. The van der Waals surface area contributed by atoms with E-state index in [0.29, 0.717) is 11.8 Å². The van der Waals surface area contributed by atoms with E-state index in [1.165, 1.54) is 11.1 Å². The van der Waals surface area contributed by atoms with E-state index < -0.39 is 11.2 Å². The molecule has 0 saturated heterocycles.